The number of rotatable bonds is 1. The third-order valence-corrected chi connectivity index (χ3v) is 4.35. The maximum atomic E-state index is 13.5. The summed E-state index contributed by atoms with van der Waals surface area (Å²) in [6, 6.07) is 1.47. The Balaban J connectivity index is 2.26. The Kier molecular flexibility index (Phi) is 5.03. The zero-order valence-electron chi connectivity index (χ0n) is 14.1. The van der Waals surface area contributed by atoms with Crippen molar-refractivity contribution in [3.8, 4) is 0 Å². The van der Waals surface area contributed by atoms with Gasteiger partial charge in [-0.2, -0.15) is 0 Å². The van der Waals surface area contributed by atoms with Gasteiger partial charge in [0.1, 0.15) is 0 Å². The van der Waals surface area contributed by atoms with Gasteiger partial charge in [0, 0.05) is 33.7 Å². The fourth-order valence-electron chi connectivity index (χ4n) is 2.81. The van der Waals surface area contributed by atoms with E-state index in [1.165, 1.54) is 9.80 Å². The van der Waals surface area contributed by atoms with Crippen molar-refractivity contribution in [1.29, 1.82) is 0 Å². The molecule has 0 aromatic heterocycles. The van der Waals surface area contributed by atoms with Gasteiger partial charge in [0.25, 0.3) is 5.91 Å². The molecule has 1 aliphatic rings. The molecule has 3 amide bonds. The molecule has 0 bridgehead atoms. The summed E-state index contributed by atoms with van der Waals surface area (Å²) in [5.41, 5.74) is -0.758. The van der Waals surface area contributed by atoms with Crippen LogP contribution in [0.1, 0.15) is 24.2 Å². The van der Waals surface area contributed by atoms with Crippen LogP contribution in [0, 0.1) is 11.6 Å². The van der Waals surface area contributed by atoms with Crippen molar-refractivity contribution in [2.75, 3.05) is 33.7 Å². The van der Waals surface area contributed by atoms with Crippen LogP contribution in [-0.4, -0.2) is 65.9 Å². The van der Waals surface area contributed by atoms with Crippen LogP contribution in [0.3, 0.4) is 0 Å². The lowest BCUT2D eigenvalue weighted by Gasteiger charge is -2.47. The minimum atomic E-state index is -1.12. The highest BCUT2D eigenvalue weighted by Gasteiger charge is 2.39. The fourth-order valence-corrected chi connectivity index (χ4v) is 3.04. The van der Waals surface area contributed by atoms with Gasteiger partial charge < -0.3 is 14.7 Å². The molecule has 1 saturated heterocycles. The highest BCUT2D eigenvalue weighted by molar-refractivity contribution is 6.33. The monoisotopic (exact) mass is 359 g/mol. The van der Waals surface area contributed by atoms with Crippen LogP contribution in [0.15, 0.2) is 12.1 Å². The van der Waals surface area contributed by atoms with Crippen molar-refractivity contribution in [2.24, 2.45) is 0 Å². The largest absolute Gasteiger partial charge is 0.331 e. The minimum absolute atomic E-state index is 0.0870. The Morgan fingerprint density at radius 3 is 2.29 bits per heavy atom. The number of hydrogen-bond donors (Lipinski definition) is 0. The van der Waals surface area contributed by atoms with E-state index >= 15 is 0 Å². The molecule has 1 aromatic rings. The van der Waals surface area contributed by atoms with Crippen LogP contribution in [-0.2, 0) is 0 Å². The zero-order chi connectivity index (χ0) is 18.2. The molecule has 0 unspecified atom stereocenters. The summed E-state index contributed by atoms with van der Waals surface area (Å²) in [5.74, 6) is -2.71. The lowest BCUT2D eigenvalue weighted by molar-refractivity contribution is 0.0241. The van der Waals surface area contributed by atoms with Crippen LogP contribution < -0.4 is 0 Å². The number of nitrogens with zero attached hydrogens (tertiary/aromatic N) is 3. The van der Waals surface area contributed by atoms with Crippen molar-refractivity contribution in [2.45, 2.75) is 19.4 Å². The molecule has 1 aliphatic heterocycles. The van der Waals surface area contributed by atoms with Crippen molar-refractivity contribution >= 4 is 23.5 Å². The standard InChI is InChI=1S/C16H20ClF2N3O2/c1-16(2)9-21(15(24)20(3)4)5-6-22(16)14(23)10-7-12(18)13(19)8-11(10)17/h7-8H,5-6,9H2,1-4H3. The molecular weight excluding hydrogens is 340 g/mol. The van der Waals surface area contributed by atoms with Gasteiger partial charge in [-0.05, 0) is 26.0 Å². The van der Waals surface area contributed by atoms with E-state index in [1.807, 2.05) is 13.8 Å². The Morgan fingerprint density at radius 1 is 1.17 bits per heavy atom. The molecule has 0 spiro atoms. The third-order valence-electron chi connectivity index (χ3n) is 4.04. The van der Waals surface area contributed by atoms with E-state index in [-0.39, 0.29) is 23.2 Å². The van der Waals surface area contributed by atoms with Gasteiger partial charge in [-0.15, -0.1) is 0 Å². The molecule has 0 N–H and O–H groups in total. The van der Waals surface area contributed by atoms with E-state index in [1.54, 1.807) is 19.0 Å². The number of carbonyl (C=O) groups excluding carboxylic acids is 2. The van der Waals surface area contributed by atoms with Gasteiger partial charge in [0.05, 0.1) is 16.1 Å². The van der Waals surface area contributed by atoms with Gasteiger partial charge in [-0.1, -0.05) is 11.6 Å². The second-order valence-corrected chi connectivity index (χ2v) is 7.02. The number of benzene rings is 1. The molecule has 0 aliphatic carbocycles. The summed E-state index contributed by atoms with van der Waals surface area (Å²) >= 11 is 5.90. The van der Waals surface area contributed by atoms with Gasteiger partial charge in [-0.25, -0.2) is 13.6 Å². The summed E-state index contributed by atoms with van der Waals surface area (Å²) in [4.78, 5) is 29.5. The van der Waals surface area contributed by atoms with Crippen molar-refractivity contribution in [3.05, 3.63) is 34.4 Å². The summed E-state index contributed by atoms with van der Waals surface area (Å²) < 4.78 is 26.7. The highest BCUT2D eigenvalue weighted by Crippen LogP contribution is 2.27. The Labute approximate surface area is 144 Å². The second kappa shape index (κ2) is 6.55. The van der Waals surface area contributed by atoms with Gasteiger partial charge in [0.15, 0.2) is 11.6 Å². The number of piperazine rings is 1. The first-order valence-electron chi connectivity index (χ1n) is 7.47. The average molecular weight is 360 g/mol. The summed E-state index contributed by atoms with van der Waals surface area (Å²) in [6.45, 7) is 4.59. The minimum Gasteiger partial charge on any atom is -0.331 e. The topological polar surface area (TPSA) is 43.9 Å². The number of amides is 3. The van der Waals surface area contributed by atoms with Crippen molar-refractivity contribution in [3.63, 3.8) is 0 Å². The van der Waals surface area contributed by atoms with Gasteiger partial charge in [0.2, 0.25) is 0 Å². The predicted molar refractivity (Wildman–Crippen MR) is 87.1 cm³/mol. The third kappa shape index (κ3) is 3.45. The summed E-state index contributed by atoms with van der Waals surface area (Å²) in [6.07, 6.45) is 0. The van der Waals surface area contributed by atoms with Crippen molar-refractivity contribution in [1.82, 2.24) is 14.7 Å². The zero-order valence-corrected chi connectivity index (χ0v) is 14.8. The Bertz CT molecular complexity index is 680. The molecule has 1 aromatic carbocycles. The number of carbonyl (C=O) groups is 2. The van der Waals surface area contributed by atoms with E-state index in [0.29, 0.717) is 13.1 Å². The summed E-state index contributed by atoms with van der Waals surface area (Å²) in [7, 11) is 3.32. The number of halogens is 3. The fraction of sp³-hybridized carbons (Fsp3) is 0.500. The first-order valence-corrected chi connectivity index (χ1v) is 7.85. The smallest absolute Gasteiger partial charge is 0.319 e. The van der Waals surface area contributed by atoms with E-state index in [2.05, 4.69) is 0 Å². The predicted octanol–water partition coefficient (Wildman–Crippen LogP) is 2.84. The molecule has 0 saturated carbocycles. The van der Waals surface area contributed by atoms with Crippen LogP contribution in [0.5, 0.6) is 0 Å². The molecule has 1 fully saturated rings. The lowest BCUT2D eigenvalue weighted by Crippen LogP contribution is -2.63. The molecule has 0 atom stereocenters. The highest BCUT2D eigenvalue weighted by atomic mass is 35.5. The Hall–Kier alpha value is -1.89. The number of urea groups is 1. The van der Waals surface area contributed by atoms with Crippen LogP contribution >= 0.6 is 11.6 Å². The molecule has 5 nitrogen and oxygen atoms in total. The average Bonchev–Trinajstić information content (AvgIpc) is 2.48. The van der Waals surface area contributed by atoms with Crippen LogP contribution in [0.2, 0.25) is 5.02 Å². The van der Waals surface area contributed by atoms with E-state index < -0.39 is 23.1 Å². The maximum absolute atomic E-state index is 13.5. The lowest BCUT2D eigenvalue weighted by atomic mass is 9.97. The second-order valence-electron chi connectivity index (χ2n) is 6.61. The first kappa shape index (κ1) is 18.4. The number of hydrogen-bond acceptors (Lipinski definition) is 2. The SMILES string of the molecule is CN(C)C(=O)N1CCN(C(=O)c2cc(F)c(F)cc2Cl)C(C)(C)C1. The molecule has 8 heteroatoms. The quantitative estimate of drug-likeness (QED) is 0.724. The maximum Gasteiger partial charge on any atom is 0.319 e. The van der Waals surface area contributed by atoms with E-state index in [9.17, 15) is 18.4 Å². The van der Waals surface area contributed by atoms with Gasteiger partial charge >= 0.3 is 6.03 Å². The normalized spacial score (nSPS) is 17.0. The van der Waals surface area contributed by atoms with Gasteiger partial charge in [-0.3, -0.25) is 4.79 Å². The molecule has 2 rings (SSSR count). The molecule has 0 radical (unpaired) electrons. The Morgan fingerprint density at radius 2 is 1.75 bits per heavy atom. The first-order chi connectivity index (χ1) is 11.0. The van der Waals surface area contributed by atoms with E-state index in [0.717, 1.165) is 12.1 Å². The molecule has 1 heterocycles. The molecule has 132 valence electrons. The summed E-state index contributed by atoms with van der Waals surface area (Å²) in [5, 5.41) is -0.138. The van der Waals surface area contributed by atoms with E-state index in [4.69, 9.17) is 11.6 Å². The molecule has 24 heavy (non-hydrogen) atoms. The molecular formula is C16H20ClF2N3O2. The van der Waals surface area contributed by atoms with Crippen LogP contribution in [0.25, 0.3) is 0 Å². The van der Waals surface area contributed by atoms with Crippen molar-refractivity contribution < 1.29 is 18.4 Å². The van der Waals surface area contributed by atoms with Crippen LogP contribution in [0.4, 0.5) is 13.6 Å².